The molecule has 1 fully saturated rings. The number of amides is 1. The van der Waals surface area contributed by atoms with Crippen molar-refractivity contribution in [2.75, 3.05) is 38.4 Å². The summed E-state index contributed by atoms with van der Waals surface area (Å²) in [6.45, 7) is 2.81. The largest absolute Gasteiger partial charge is 0.490 e. The highest BCUT2D eigenvalue weighted by molar-refractivity contribution is 5.92. The Hall–Kier alpha value is -2.93. The molecule has 0 bridgehead atoms. The van der Waals surface area contributed by atoms with Gasteiger partial charge in [0.25, 0.3) is 0 Å². The van der Waals surface area contributed by atoms with E-state index in [0.29, 0.717) is 36.9 Å². The number of nitrogens with one attached hydrogen (secondary N) is 1. The minimum absolute atomic E-state index is 0.0369. The number of hydrogen-bond donors (Lipinski definition) is 1. The molecule has 0 radical (unpaired) electrons. The second-order valence-corrected chi connectivity index (χ2v) is 7.50. The zero-order chi connectivity index (χ0) is 19.6. The van der Waals surface area contributed by atoms with Crippen LogP contribution in [0.3, 0.4) is 0 Å². The summed E-state index contributed by atoms with van der Waals surface area (Å²) in [5.74, 6) is 2.93. The molecule has 5 rings (SSSR count). The highest BCUT2D eigenvalue weighted by Gasteiger charge is 2.28. The van der Waals surface area contributed by atoms with Crippen LogP contribution in [0.25, 0.3) is 0 Å². The van der Waals surface area contributed by atoms with E-state index in [1.807, 2.05) is 18.2 Å². The van der Waals surface area contributed by atoms with Gasteiger partial charge in [-0.3, -0.25) is 9.69 Å². The first-order valence-corrected chi connectivity index (χ1v) is 10.1. The van der Waals surface area contributed by atoms with Gasteiger partial charge in [0.05, 0.1) is 19.8 Å². The van der Waals surface area contributed by atoms with Gasteiger partial charge in [-0.15, -0.1) is 0 Å². The lowest BCUT2D eigenvalue weighted by atomic mass is 10.0. The summed E-state index contributed by atoms with van der Waals surface area (Å²) in [6.07, 6.45) is 2.98. The van der Waals surface area contributed by atoms with E-state index in [2.05, 4.69) is 22.3 Å². The summed E-state index contributed by atoms with van der Waals surface area (Å²) in [7, 11) is 0. The van der Waals surface area contributed by atoms with Gasteiger partial charge in [0.15, 0.2) is 23.0 Å². The highest BCUT2D eigenvalue weighted by atomic mass is 16.7. The predicted octanol–water partition coefficient (Wildman–Crippen LogP) is 3.35. The number of hydrogen-bond acceptors (Lipinski definition) is 6. The van der Waals surface area contributed by atoms with Crippen LogP contribution in [0.15, 0.2) is 36.4 Å². The normalized spacial score (nSPS) is 20.3. The molecule has 7 heteroatoms. The summed E-state index contributed by atoms with van der Waals surface area (Å²) in [5, 5.41) is 2.97. The van der Waals surface area contributed by atoms with E-state index < -0.39 is 0 Å². The van der Waals surface area contributed by atoms with E-state index in [4.69, 9.17) is 18.9 Å². The molecule has 0 spiro atoms. The molecule has 0 aliphatic carbocycles. The molecule has 2 aromatic carbocycles. The fraction of sp³-hybridized carbons (Fsp3) is 0.409. The van der Waals surface area contributed by atoms with E-state index in [1.54, 1.807) is 6.07 Å². The van der Waals surface area contributed by atoms with Crippen LogP contribution < -0.4 is 24.3 Å². The summed E-state index contributed by atoms with van der Waals surface area (Å²) in [6, 6.07) is 11.8. The van der Waals surface area contributed by atoms with E-state index in [-0.39, 0.29) is 18.7 Å². The third kappa shape index (κ3) is 3.82. The monoisotopic (exact) mass is 396 g/mol. The SMILES string of the molecule is O=C(CN1CCC[C@@H]1c1ccc2c(c1)OCCCO2)Nc1ccc2c(c1)OCO2. The molecule has 1 saturated heterocycles. The van der Waals surface area contributed by atoms with Crippen LogP contribution in [0.1, 0.15) is 30.9 Å². The second kappa shape index (κ2) is 7.83. The first-order chi connectivity index (χ1) is 14.3. The number of ether oxygens (including phenoxy) is 4. The van der Waals surface area contributed by atoms with Gasteiger partial charge in [-0.05, 0) is 49.2 Å². The molecule has 3 aliphatic heterocycles. The minimum atomic E-state index is -0.0369. The average Bonchev–Trinajstić information content (AvgIpc) is 3.31. The van der Waals surface area contributed by atoms with Crippen molar-refractivity contribution < 1.29 is 23.7 Å². The van der Waals surface area contributed by atoms with E-state index in [0.717, 1.165) is 37.3 Å². The van der Waals surface area contributed by atoms with Crippen molar-refractivity contribution in [3.63, 3.8) is 0 Å². The lowest BCUT2D eigenvalue weighted by molar-refractivity contribution is -0.117. The van der Waals surface area contributed by atoms with Gasteiger partial charge in [-0.1, -0.05) is 6.07 Å². The van der Waals surface area contributed by atoms with Crippen LogP contribution >= 0.6 is 0 Å². The Morgan fingerprint density at radius 3 is 2.62 bits per heavy atom. The Balaban J connectivity index is 1.26. The number of carbonyl (C=O) groups is 1. The van der Waals surface area contributed by atoms with Crippen LogP contribution in [0, 0.1) is 0 Å². The van der Waals surface area contributed by atoms with Crippen molar-refractivity contribution >= 4 is 11.6 Å². The maximum absolute atomic E-state index is 12.7. The van der Waals surface area contributed by atoms with E-state index in [9.17, 15) is 4.79 Å². The maximum atomic E-state index is 12.7. The molecule has 3 aliphatic rings. The zero-order valence-electron chi connectivity index (χ0n) is 16.2. The number of carbonyl (C=O) groups excluding carboxylic acids is 1. The summed E-state index contributed by atoms with van der Waals surface area (Å²) >= 11 is 0. The molecule has 1 N–H and O–H groups in total. The maximum Gasteiger partial charge on any atom is 0.238 e. The third-order valence-corrected chi connectivity index (χ3v) is 5.52. The van der Waals surface area contributed by atoms with Gasteiger partial charge >= 0.3 is 0 Å². The van der Waals surface area contributed by atoms with Crippen LogP contribution in [-0.4, -0.2) is 43.9 Å². The van der Waals surface area contributed by atoms with Gasteiger partial charge in [0, 0.05) is 24.2 Å². The molecule has 3 heterocycles. The smallest absolute Gasteiger partial charge is 0.238 e. The van der Waals surface area contributed by atoms with Crippen LogP contribution in [-0.2, 0) is 4.79 Å². The average molecular weight is 396 g/mol. The molecule has 1 atom stereocenters. The fourth-order valence-corrected chi connectivity index (χ4v) is 4.14. The Bertz CT molecular complexity index is 916. The molecular weight excluding hydrogens is 372 g/mol. The van der Waals surface area contributed by atoms with Crippen molar-refractivity contribution in [3.8, 4) is 23.0 Å². The van der Waals surface area contributed by atoms with Crippen LogP contribution in [0.2, 0.25) is 0 Å². The molecule has 2 aromatic rings. The van der Waals surface area contributed by atoms with Gasteiger partial charge in [0.2, 0.25) is 12.7 Å². The van der Waals surface area contributed by atoms with Crippen molar-refractivity contribution in [2.45, 2.75) is 25.3 Å². The molecular formula is C22H24N2O5. The quantitative estimate of drug-likeness (QED) is 0.855. The van der Waals surface area contributed by atoms with Crippen LogP contribution in [0.5, 0.6) is 23.0 Å². The zero-order valence-corrected chi connectivity index (χ0v) is 16.2. The number of nitrogens with zero attached hydrogens (tertiary/aromatic N) is 1. The van der Waals surface area contributed by atoms with Crippen molar-refractivity contribution in [1.82, 2.24) is 4.90 Å². The Kier molecular flexibility index (Phi) is 4.89. The standard InChI is InChI=1S/C22H24N2O5/c25-22(23-16-5-7-19-21(12-16)29-14-28-19)13-24-8-1-3-17(24)15-4-6-18-20(11-15)27-10-2-9-26-18/h4-7,11-12,17H,1-3,8-10,13-14H2,(H,23,25)/t17-/m1/s1. The number of likely N-dealkylation sites (tertiary alicyclic amines) is 1. The topological polar surface area (TPSA) is 69.3 Å². The van der Waals surface area contributed by atoms with Crippen LogP contribution in [0.4, 0.5) is 5.69 Å². The molecule has 1 amide bonds. The van der Waals surface area contributed by atoms with Crippen molar-refractivity contribution in [3.05, 3.63) is 42.0 Å². The predicted molar refractivity (Wildman–Crippen MR) is 107 cm³/mol. The minimum Gasteiger partial charge on any atom is -0.490 e. The lowest BCUT2D eigenvalue weighted by Gasteiger charge is -2.25. The van der Waals surface area contributed by atoms with Crippen molar-refractivity contribution in [2.24, 2.45) is 0 Å². The third-order valence-electron chi connectivity index (χ3n) is 5.52. The number of rotatable bonds is 4. The number of benzene rings is 2. The molecule has 29 heavy (non-hydrogen) atoms. The number of fused-ring (bicyclic) bond motifs is 2. The first-order valence-electron chi connectivity index (χ1n) is 10.1. The molecule has 0 saturated carbocycles. The fourth-order valence-electron chi connectivity index (χ4n) is 4.14. The summed E-state index contributed by atoms with van der Waals surface area (Å²) in [4.78, 5) is 14.9. The van der Waals surface area contributed by atoms with E-state index >= 15 is 0 Å². The lowest BCUT2D eigenvalue weighted by Crippen LogP contribution is -2.32. The Morgan fingerprint density at radius 1 is 0.931 bits per heavy atom. The molecule has 152 valence electrons. The summed E-state index contributed by atoms with van der Waals surface area (Å²) < 4.78 is 22.3. The molecule has 7 nitrogen and oxygen atoms in total. The molecule has 0 unspecified atom stereocenters. The van der Waals surface area contributed by atoms with E-state index in [1.165, 1.54) is 5.56 Å². The van der Waals surface area contributed by atoms with Gasteiger partial charge < -0.3 is 24.3 Å². The Labute approximate surface area is 169 Å². The second-order valence-electron chi connectivity index (χ2n) is 7.50. The first kappa shape index (κ1) is 18.1. The van der Waals surface area contributed by atoms with Gasteiger partial charge in [0.1, 0.15) is 0 Å². The summed E-state index contributed by atoms with van der Waals surface area (Å²) in [5.41, 5.74) is 1.88. The Morgan fingerprint density at radius 2 is 1.69 bits per heavy atom. The van der Waals surface area contributed by atoms with Crippen molar-refractivity contribution in [1.29, 1.82) is 0 Å². The van der Waals surface area contributed by atoms with Gasteiger partial charge in [-0.2, -0.15) is 0 Å². The molecule has 0 aromatic heterocycles. The number of anilines is 1. The van der Waals surface area contributed by atoms with Gasteiger partial charge in [-0.25, -0.2) is 0 Å². The highest BCUT2D eigenvalue weighted by Crippen LogP contribution is 2.38.